The molecule has 30 heavy (non-hydrogen) atoms. The molecule has 0 bridgehead atoms. The normalized spacial score (nSPS) is 10.9. The summed E-state index contributed by atoms with van der Waals surface area (Å²) in [5, 5.41) is 17.1. The molecule has 0 aliphatic heterocycles. The van der Waals surface area contributed by atoms with Gasteiger partial charge in [0, 0.05) is 16.8 Å². The molecule has 0 aliphatic rings. The first kappa shape index (κ1) is 18.9. The third-order valence-corrected chi connectivity index (χ3v) is 4.33. The Hall–Kier alpha value is -4.46. The standard InChI is InChI=1S/C22H17N5O3/c28-19-8-4-1-5-15(19)13-23-27-20(29)14-9-11-16(12-10-14)24-22-25-18-7-3-2-6-17(18)21(30)26-22/h1-13,28H,(H,27,29)(H2,24,25,26,30)/b23-13-. The van der Waals surface area contributed by atoms with Crippen LogP contribution in [-0.4, -0.2) is 27.2 Å². The molecule has 1 heterocycles. The maximum atomic E-state index is 12.2. The summed E-state index contributed by atoms with van der Waals surface area (Å²) in [4.78, 5) is 31.4. The molecule has 4 rings (SSSR count). The van der Waals surface area contributed by atoms with Gasteiger partial charge in [-0.2, -0.15) is 5.10 Å². The quantitative estimate of drug-likeness (QED) is 0.304. The van der Waals surface area contributed by atoms with Crippen molar-refractivity contribution in [1.82, 2.24) is 15.4 Å². The fourth-order valence-electron chi connectivity index (χ4n) is 2.81. The van der Waals surface area contributed by atoms with Crippen LogP contribution in [0.1, 0.15) is 15.9 Å². The molecular weight excluding hydrogens is 382 g/mol. The minimum Gasteiger partial charge on any atom is -0.507 e. The summed E-state index contributed by atoms with van der Waals surface area (Å²) in [6.07, 6.45) is 1.37. The van der Waals surface area contributed by atoms with Crippen molar-refractivity contribution < 1.29 is 9.90 Å². The molecule has 0 spiro atoms. The highest BCUT2D eigenvalue weighted by Gasteiger charge is 2.06. The van der Waals surface area contributed by atoms with Crippen LogP contribution in [0, 0.1) is 0 Å². The summed E-state index contributed by atoms with van der Waals surface area (Å²) < 4.78 is 0. The van der Waals surface area contributed by atoms with Gasteiger partial charge in [-0.1, -0.05) is 24.3 Å². The lowest BCUT2D eigenvalue weighted by Crippen LogP contribution is -2.17. The van der Waals surface area contributed by atoms with Crippen molar-refractivity contribution in [2.75, 3.05) is 5.32 Å². The predicted molar refractivity (Wildman–Crippen MR) is 115 cm³/mol. The third-order valence-electron chi connectivity index (χ3n) is 4.33. The lowest BCUT2D eigenvalue weighted by atomic mass is 10.2. The average Bonchev–Trinajstić information content (AvgIpc) is 2.75. The van der Waals surface area contributed by atoms with Gasteiger partial charge in [0.05, 0.1) is 17.1 Å². The largest absolute Gasteiger partial charge is 0.507 e. The number of H-pyrrole nitrogens is 1. The number of amides is 1. The first-order chi connectivity index (χ1) is 14.6. The second-order valence-corrected chi connectivity index (χ2v) is 6.39. The highest BCUT2D eigenvalue weighted by Crippen LogP contribution is 2.16. The zero-order valence-corrected chi connectivity index (χ0v) is 15.7. The molecule has 0 fully saturated rings. The number of carbonyl (C=O) groups is 1. The lowest BCUT2D eigenvalue weighted by Gasteiger charge is -2.07. The first-order valence-electron chi connectivity index (χ1n) is 9.08. The van der Waals surface area contributed by atoms with Crippen LogP contribution in [0.2, 0.25) is 0 Å². The Kier molecular flexibility index (Phi) is 5.21. The molecule has 0 unspecified atom stereocenters. The molecule has 0 saturated heterocycles. The van der Waals surface area contributed by atoms with Crippen LogP contribution >= 0.6 is 0 Å². The van der Waals surface area contributed by atoms with Gasteiger partial charge >= 0.3 is 0 Å². The molecule has 4 aromatic rings. The second kappa shape index (κ2) is 8.27. The average molecular weight is 399 g/mol. The monoisotopic (exact) mass is 399 g/mol. The van der Waals surface area contributed by atoms with Crippen molar-refractivity contribution in [3.8, 4) is 5.75 Å². The zero-order chi connectivity index (χ0) is 20.9. The molecule has 0 atom stereocenters. The van der Waals surface area contributed by atoms with Crippen molar-refractivity contribution >= 4 is 34.7 Å². The van der Waals surface area contributed by atoms with Gasteiger partial charge in [0.2, 0.25) is 5.95 Å². The van der Waals surface area contributed by atoms with E-state index in [0.717, 1.165) is 0 Å². The van der Waals surface area contributed by atoms with Crippen molar-refractivity contribution in [1.29, 1.82) is 0 Å². The maximum absolute atomic E-state index is 12.2. The van der Waals surface area contributed by atoms with E-state index in [4.69, 9.17) is 0 Å². The number of carbonyl (C=O) groups excluding carboxylic acids is 1. The van der Waals surface area contributed by atoms with Gasteiger partial charge in [0.1, 0.15) is 5.75 Å². The summed E-state index contributed by atoms with van der Waals surface area (Å²) in [5.41, 5.74) is 4.31. The van der Waals surface area contributed by atoms with Gasteiger partial charge in [0.15, 0.2) is 0 Å². The van der Waals surface area contributed by atoms with Crippen molar-refractivity contribution in [3.05, 3.63) is 94.3 Å². The topological polar surface area (TPSA) is 119 Å². The first-order valence-corrected chi connectivity index (χ1v) is 9.08. The summed E-state index contributed by atoms with van der Waals surface area (Å²) >= 11 is 0. The van der Waals surface area contributed by atoms with E-state index in [9.17, 15) is 14.7 Å². The van der Waals surface area contributed by atoms with Crippen LogP contribution < -0.4 is 16.3 Å². The summed E-state index contributed by atoms with van der Waals surface area (Å²) in [7, 11) is 0. The second-order valence-electron chi connectivity index (χ2n) is 6.39. The molecule has 1 amide bonds. The van der Waals surface area contributed by atoms with Crippen molar-refractivity contribution in [2.24, 2.45) is 5.10 Å². The number of hydrazone groups is 1. The SMILES string of the molecule is O=C(N/N=C\c1ccccc1O)c1ccc(Nc2nc3ccccc3c(=O)[nH]2)cc1. The van der Waals surface area contributed by atoms with Crippen LogP contribution in [0.25, 0.3) is 10.9 Å². The lowest BCUT2D eigenvalue weighted by molar-refractivity contribution is 0.0955. The van der Waals surface area contributed by atoms with Gasteiger partial charge in [-0.3, -0.25) is 14.6 Å². The van der Waals surface area contributed by atoms with Gasteiger partial charge in [-0.05, 0) is 48.5 Å². The smallest absolute Gasteiger partial charge is 0.271 e. The Morgan fingerprint density at radius 2 is 1.73 bits per heavy atom. The number of nitrogens with one attached hydrogen (secondary N) is 3. The molecule has 8 nitrogen and oxygen atoms in total. The van der Waals surface area contributed by atoms with Crippen molar-refractivity contribution in [3.63, 3.8) is 0 Å². The Morgan fingerprint density at radius 1 is 1.00 bits per heavy atom. The number of rotatable bonds is 5. The number of fused-ring (bicyclic) bond motifs is 1. The summed E-state index contributed by atoms with van der Waals surface area (Å²) in [6, 6.07) is 20.3. The minimum atomic E-state index is -0.398. The number of phenolic OH excluding ortho intramolecular Hbond substituents is 1. The number of hydrogen-bond donors (Lipinski definition) is 4. The van der Waals surface area contributed by atoms with E-state index in [0.29, 0.717) is 33.7 Å². The predicted octanol–water partition coefficient (Wildman–Crippen LogP) is 3.14. The molecule has 148 valence electrons. The van der Waals surface area contributed by atoms with Gasteiger partial charge in [0.25, 0.3) is 11.5 Å². The number of benzene rings is 3. The van der Waals surface area contributed by atoms with Crippen LogP contribution in [0.15, 0.2) is 82.7 Å². The Bertz CT molecular complexity index is 1300. The number of hydrogen-bond acceptors (Lipinski definition) is 6. The van der Waals surface area contributed by atoms with E-state index >= 15 is 0 Å². The molecule has 1 aromatic heterocycles. The molecule has 4 N–H and O–H groups in total. The van der Waals surface area contributed by atoms with E-state index < -0.39 is 5.91 Å². The number of aromatic amines is 1. The molecule has 0 aliphatic carbocycles. The molecule has 3 aromatic carbocycles. The molecule has 8 heteroatoms. The van der Waals surface area contributed by atoms with Crippen molar-refractivity contribution in [2.45, 2.75) is 0 Å². The number of anilines is 2. The fraction of sp³-hybridized carbons (Fsp3) is 0. The molecule has 0 radical (unpaired) electrons. The fourth-order valence-corrected chi connectivity index (χ4v) is 2.81. The van der Waals surface area contributed by atoms with Gasteiger partial charge in [-0.15, -0.1) is 0 Å². The number of aromatic hydroxyl groups is 1. The van der Waals surface area contributed by atoms with E-state index in [1.54, 1.807) is 60.7 Å². The van der Waals surface area contributed by atoms with Crippen LogP contribution in [0.4, 0.5) is 11.6 Å². The maximum Gasteiger partial charge on any atom is 0.271 e. The van der Waals surface area contributed by atoms with E-state index in [1.807, 2.05) is 6.07 Å². The van der Waals surface area contributed by atoms with E-state index in [-0.39, 0.29) is 11.3 Å². The minimum absolute atomic E-state index is 0.0752. The number of para-hydroxylation sites is 2. The highest BCUT2D eigenvalue weighted by atomic mass is 16.3. The molecular formula is C22H17N5O3. The summed E-state index contributed by atoms with van der Waals surface area (Å²) in [5.74, 6) is -0.0140. The number of phenols is 1. The Labute approximate surface area is 170 Å². The molecule has 0 saturated carbocycles. The number of nitrogens with zero attached hydrogens (tertiary/aromatic N) is 2. The van der Waals surface area contributed by atoms with Gasteiger partial charge < -0.3 is 10.4 Å². The Balaban J connectivity index is 1.43. The van der Waals surface area contributed by atoms with E-state index in [2.05, 4.69) is 25.8 Å². The highest BCUT2D eigenvalue weighted by molar-refractivity contribution is 5.95. The van der Waals surface area contributed by atoms with Crippen LogP contribution in [0.3, 0.4) is 0 Å². The van der Waals surface area contributed by atoms with Crippen LogP contribution in [-0.2, 0) is 0 Å². The van der Waals surface area contributed by atoms with Crippen LogP contribution in [0.5, 0.6) is 5.75 Å². The Morgan fingerprint density at radius 3 is 2.53 bits per heavy atom. The van der Waals surface area contributed by atoms with Gasteiger partial charge in [-0.25, -0.2) is 10.4 Å². The summed E-state index contributed by atoms with van der Waals surface area (Å²) in [6.45, 7) is 0. The zero-order valence-electron chi connectivity index (χ0n) is 15.7. The van der Waals surface area contributed by atoms with E-state index in [1.165, 1.54) is 12.3 Å². The number of aromatic nitrogens is 2. The third kappa shape index (κ3) is 4.17.